The van der Waals surface area contributed by atoms with Crippen LogP contribution in [0.1, 0.15) is 6.92 Å². The molecule has 11 heavy (non-hydrogen) atoms. The highest BCUT2D eigenvalue weighted by Gasteiger charge is 2.54. The summed E-state index contributed by atoms with van der Waals surface area (Å²) in [4.78, 5) is 0. The fourth-order valence-electron chi connectivity index (χ4n) is 1.71. The van der Waals surface area contributed by atoms with Crippen LogP contribution >= 0.6 is 0 Å². The molecule has 5 atom stereocenters. The molecule has 0 radical (unpaired) electrons. The molecule has 2 N–H and O–H groups in total. The SMILES string of the molecule is C[C@H]1O[C@@H]2OC(CO)[C@@H]2C1O. The summed E-state index contributed by atoms with van der Waals surface area (Å²) in [7, 11) is 0. The fourth-order valence-corrected chi connectivity index (χ4v) is 1.71. The summed E-state index contributed by atoms with van der Waals surface area (Å²) >= 11 is 0. The first kappa shape index (κ1) is 7.49. The van der Waals surface area contributed by atoms with Gasteiger partial charge >= 0.3 is 0 Å². The highest BCUT2D eigenvalue weighted by atomic mass is 16.7. The molecule has 0 aromatic heterocycles. The van der Waals surface area contributed by atoms with E-state index in [2.05, 4.69) is 0 Å². The molecule has 0 saturated carbocycles. The molecule has 2 heterocycles. The minimum Gasteiger partial charge on any atom is -0.394 e. The van der Waals surface area contributed by atoms with Gasteiger partial charge in [-0.05, 0) is 6.92 Å². The summed E-state index contributed by atoms with van der Waals surface area (Å²) in [5.41, 5.74) is 0. The number of fused-ring (bicyclic) bond motifs is 1. The normalized spacial score (nSPS) is 55.4. The monoisotopic (exact) mass is 160 g/mol. The van der Waals surface area contributed by atoms with Gasteiger partial charge in [0, 0.05) is 0 Å². The first-order chi connectivity index (χ1) is 5.24. The van der Waals surface area contributed by atoms with Gasteiger partial charge in [0.1, 0.15) is 0 Å². The van der Waals surface area contributed by atoms with Crippen LogP contribution in [-0.4, -0.2) is 41.4 Å². The van der Waals surface area contributed by atoms with E-state index in [4.69, 9.17) is 14.6 Å². The maximum Gasteiger partial charge on any atom is 0.166 e. The summed E-state index contributed by atoms with van der Waals surface area (Å²) < 4.78 is 10.3. The smallest absolute Gasteiger partial charge is 0.166 e. The lowest BCUT2D eigenvalue weighted by Gasteiger charge is -2.38. The molecule has 2 rings (SSSR count). The zero-order valence-electron chi connectivity index (χ0n) is 6.30. The van der Waals surface area contributed by atoms with Crippen molar-refractivity contribution in [3.05, 3.63) is 0 Å². The predicted octanol–water partition coefficient (Wildman–Crippen LogP) is -0.901. The van der Waals surface area contributed by atoms with Crippen molar-refractivity contribution in [3.63, 3.8) is 0 Å². The molecule has 4 heteroatoms. The van der Waals surface area contributed by atoms with E-state index in [0.717, 1.165) is 0 Å². The number of hydrogen-bond donors (Lipinski definition) is 2. The average Bonchev–Trinajstić information content (AvgIpc) is 2.13. The average molecular weight is 160 g/mol. The van der Waals surface area contributed by atoms with Crippen LogP contribution in [0.5, 0.6) is 0 Å². The summed E-state index contributed by atoms with van der Waals surface area (Å²) in [6.45, 7) is 1.77. The number of hydrogen-bond acceptors (Lipinski definition) is 4. The van der Waals surface area contributed by atoms with Crippen molar-refractivity contribution < 1.29 is 19.7 Å². The third kappa shape index (κ3) is 0.906. The Morgan fingerprint density at radius 3 is 2.64 bits per heavy atom. The first-order valence-electron chi connectivity index (χ1n) is 3.84. The summed E-state index contributed by atoms with van der Waals surface area (Å²) in [5, 5.41) is 18.2. The van der Waals surface area contributed by atoms with Gasteiger partial charge in [-0.25, -0.2) is 0 Å². The van der Waals surface area contributed by atoms with E-state index in [1.807, 2.05) is 0 Å². The second-order valence-electron chi connectivity index (χ2n) is 3.13. The lowest BCUT2D eigenvalue weighted by Crippen LogP contribution is -2.52. The highest BCUT2D eigenvalue weighted by molar-refractivity contribution is 4.95. The van der Waals surface area contributed by atoms with Crippen LogP contribution < -0.4 is 0 Å². The molecule has 0 aliphatic carbocycles. The minimum absolute atomic E-state index is 0.0185. The van der Waals surface area contributed by atoms with Gasteiger partial charge in [-0.3, -0.25) is 0 Å². The van der Waals surface area contributed by atoms with E-state index >= 15 is 0 Å². The van der Waals surface area contributed by atoms with E-state index in [1.165, 1.54) is 0 Å². The largest absolute Gasteiger partial charge is 0.394 e. The standard InChI is InChI=1S/C7H12O4/c1-3-6(9)5-4(2-8)11-7(5)10-3/h3-9H,2H2,1H3/t3-,4?,5-,6?,7-/m1/s1. The predicted molar refractivity (Wildman–Crippen MR) is 35.8 cm³/mol. The minimum atomic E-state index is -0.481. The van der Waals surface area contributed by atoms with Crippen molar-refractivity contribution in [3.8, 4) is 0 Å². The maximum absolute atomic E-state index is 9.47. The Bertz CT molecular complexity index is 157. The molecule has 0 aromatic rings. The van der Waals surface area contributed by atoms with Gasteiger partial charge < -0.3 is 19.7 Å². The van der Waals surface area contributed by atoms with Gasteiger partial charge in [0.15, 0.2) is 6.29 Å². The second-order valence-corrected chi connectivity index (χ2v) is 3.13. The molecule has 64 valence electrons. The van der Waals surface area contributed by atoms with Crippen LogP contribution in [0.2, 0.25) is 0 Å². The second kappa shape index (κ2) is 2.42. The summed E-state index contributed by atoms with van der Waals surface area (Å²) in [6, 6.07) is 0. The van der Waals surface area contributed by atoms with Crippen molar-refractivity contribution in [2.45, 2.75) is 31.5 Å². The quantitative estimate of drug-likeness (QED) is 0.522. The Morgan fingerprint density at radius 1 is 1.36 bits per heavy atom. The number of ether oxygens (including phenoxy) is 2. The van der Waals surface area contributed by atoms with Crippen LogP contribution in [-0.2, 0) is 9.47 Å². The molecule has 2 aliphatic heterocycles. The Hall–Kier alpha value is -0.160. The molecule has 0 spiro atoms. The maximum atomic E-state index is 9.47. The zero-order chi connectivity index (χ0) is 8.01. The third-order valence-corrected chi connectivity index (χ3v) is 2.46. The van der Waals surface area contributed by atoms with Gasteiger partial charge in [0.25, 0.3) is 0 Å². The number of aliphatic hydroxyl groups is 2. The molecule has 0 bridgehead atoms. The van der Waals surface area contributed by atoms with Gasteiger partial charge in [0.05, 0.1) is 30.8 Å². The molecule has 2 unspecified atom stereocenters. The van der Waals surface area contributed by atoms with E-state index < -0.39 is 6.10 Å². The zero-order valence-corrected chi connectivity index (χ0v) is 6.30. The Kier molecular flexibility index (Phi) is 1.64. The lowest BCUT2D eigenvalue weighted by molar-refractivity contribution is -0.280. The molecule has 4 nitrogen and oxygen atoms in total. The van der Waals surface area contributed by atoms with Crippen molar-refractivity contribution in [1.82, 2.24) is 0 Å². The van der Waals surface area contributed by atoms with Gasteiger partial charge in [-0.1, -0.05) is 0 Å². The summed E-state index contributed by atoms with van der Waals surface area (Å²) in [5.74, 6) is -0.0185. The summed E-state index contributed by atoms with van der Waals surface area (Å²) in [6.07, 6.45) is -1.15. The molecule has 2 saturated heterocycles. The topological polar surface area (TPSA) is 58.9 Å². The van der Waals surface area contributed by atoms with Gasteiger partial charge in [0.2, 0.25) is 0 Å². The van der Waals surface area contributed by atoms with Gasteiger partial charge in [-0.15, -0.1) is 0 Å². The van der Waals surface area contributed by atoms with Crippen molar-refractivity contribution >= 4 is 0 Å². The number of aliphatic hydroxyl groups excluding tert-OH is 2. The van der Waals surface area contributed by atoms with Crippen molar-refractivity contribution in [1.29, 1.82) is 0 Å². The van der Waals surface area contributed by atoms with E-state index in [9.17, 15) is 5.11 Å². The van der Waals surface area contributed by atoms with Crippen LogP contribution in [0.3, 0.4) is 0 Å². The van der Waals surface area contributed by atoms with Crippen LogP contribution in [0.15, 0.2) is 0 Å². The first-order valence-corrected chi connectivity index (χ1v) is 3.84. The van der Waals surface area contributed by atoms with Crippen molar-refractivity contribution in [2.24, 2.45) is 5.92 Å². The highest BCUT2D eigenvalue weighted by Crippen LogP contribution is 2.40. The van der Waals surface area contributed by atoms with Crippen molar-refractivity contribution in [2.75, 3.05) is 6.61 Å². The molecule has 2 fully saturated rings. The Balaban J connectivity index is 2.03. The van der Waals surface area contributed by atoms with E-state index in [0.29, 0.717) is 0 Å². The molecular formula is C7H12O4. The van der Waals surface area contributed by atoms with E-state index in [1.54, 1.807) is 6.92 Å². The van der Waals surface area contributed by atoms with Crippen LogP contribution in [0, 0.1) is 5.92 Å². The van der Waals surface area contributed by atoms with E-state index in [-0.39, 0.29) is 31.0 Å². The molecule has 0 aromatic carbocycles. The van der Waals surface area contributed by atoms with Crippen LogP contribution in [0.4, 0.5) is 0 Å². The Labute approximate surface area is 64.7 Å². The molecule has 2 aliphatic rings. The van der Waals surface area contributed by atoms with Gasteiger partial charge in [-0.2, -0.15) is 0 Å². The molecular weight excluding hydrogens is 148 g/mol. The number of rotatable bonds is 1. The fraction of sp³-hybridized carbons (Fsp3) is 1.00. The van der Waals surface area contributed by atoms with Crippen LogP contribution in [0.25, 0.3) is 0 Å². The molecule has 0 amide bonds. The lowest BCUT2D eigenvalue weighted by atomic mass is 9.91. The third-order valence-electron chi connectivity index (χ3n) is 2.46. The Morgan fingerprint density at radius 2 is 2.09 bits per heavy atom.